The van der Waals surface area contributed by atoms with Crippen LogP contribution in [0.4, 0.5) is 16.5 Å². The standard InChI is InChI=1S/C18H20N6OS/c1-11-9-24-15(8-19-11)7-16(23-24)17(25)21-13-3-5-14(6-4-13)22-18-20-12(2)10-26-18/h3-7,10-11,19H,8-9H2,1-2H3,(H,20,22)(H,21,25). The first kappa shape index (κ1) is 16.7. The summed E-state index contributed by atoms with van der Waals surface area (Å²) in [5.74, 6) is -0.198. The molecule has 1 unspecified atom stereocenters. The number of thiazole rings is 1. The molecule has 8 heteroatoms. The quantitative estimate of drug-likeness (QED) is 0.659. The number of anilines is 3. The van der Waals surface area contributed by atoms with E-state index in [4.69, 9.17) is 0 Å². The third-order valence-electron chi connectivity index (χ3n) is 4.19. The second kappa shape index (κ2) is 6.89. The number of aryl methyl sites for hydroxylation is 1. The molecule has 3 aromatic rings. The number of nitrogens with zero attached hydrogens (tertiary/aromatic N) is 3. The largest absolute Gasteiger partial charge is 0.332 e. The summed E-state index contributed by atoms with van der Waals surface area (Å²) < 4.78 is 1.90. The summed E-state index contributed by atoms with van der Waals surface area (Å²) in [6, 6.07) is 9.75. The van der Waals surface area contributed by atoms with E-state index in [9.17, 15) is 4.79 Å². The Morgan fingerprint density at radius 3 is 2.81 bits per heavy atom. The number of carbonyl (C=O) groups is 1. The molecule has 134 valence electrons. The van der Waals surface area contributed by atoms with Crippen molar-refractivity contribution >= 4 is 33.8 Å². The first-order chi connectivity index (χ1) is 12.6. The summed E-state index contributed by atoms with van der Waals surface area (Å²) >= 11 is 1.56. The van der Waals surface area contributed by atoms with E-state index in [-0.39, 0.29) is 5.91 Å². The number of hydrogen-bond donors (Lipinski definition) is 3. The fourth-order valence-electron chi connectivity index (χ4n) is 2.84. The van der Waals surface area contributed by atoms with Gasteiger partial charge in [-0.2, -0.15) is 5.10 Å². The van der Waals surface area contributed by atoms with Crippen LogP contribution in [0.2, 0.25) is 0 Å². The lowest BCUT2D eigenvalue weighted by Crippen LogP contribution is -2.36. The van der Waals surface area contributed by atoms with Crippen LogP contribution in [0.15, 0.2) is 35.7 Å². The molecule has 0 saturated heterocycles. The van der Waals surface area contributed by atoms with E-state index >= 15 is 0 Å². The van der Waals surface area contributed by atoms with Crippen molar-refractivity contribution in [3.8, 4) is 0 Å². The van der Waals surface area contributed by atoms with Crippen LogP contribution in [-0.2, 0) is 13.1 Å². The van der Waals surface area contributed by atoms with Crippen LogP contribution in [-0.4, -0.2) is 26.7 Å². The van der Waals surface area contributed by atoms with E-state index in [0.29, 0.717) is 11.7 Å². The average Bonchev–Trinajstić information content (AvgIpc) is 3.22. The summed E-state index contributed by atoms with van der Waals surface area (Å²) in [5, 5.41) is 16.8. The van der Waals surface area contributed by atoms with Crippen molar-refractivity contribution in [3.63, 3.8) is 0 Å². The van der Waals surface area contributed by atoms with Gasteiger partial charge in [-0.15, -0.1) is 11.3 Å². The van der Waals surface area contributed by atoms with Crippen molar-refractivity contribution in [2.24, 2.45) is 0 Å². The van der Waals surface area contributed by atoms with Gasteiger partial charge in [0.15, 0.2) is 10.8 Å². The predicted molar refractivity (Wildman–Crippen MR) is 103 cm³/mol. The Balaban J connectivity index is 1.41. The molecule has 7 nitrogen and oxygen atoms in total. The van der Waals surface area contributed by atoms with E-state index in [1.54, 1.807) is 11.3 Å². The normalized spacial score (nSPS) is 16.2. The first-order valence-electron chi connectivity index (χ1n) is 8.47. The molecule has 3 heterocycles. The third-order valence-corrected chi connectivity index (χ3v) is 5.06. The fraction of sp³-hybridized carbons (Fsp3) is 0.278. The van der Waals surface area contributed by atoms with Gasteiger partial charge in [0.05, 0.1) is 17.9 Å². The lowest BCUT2D eigenvalue weighted by molar-refractivity contribution is 0.102. The first-order valence-corrected chi connectivity index (χ1v) is 9.35. The van der Waals surface area contributed by atoms with Gasteiger partial charge in [0.2, 0.25) is 0 Å². The smallest absolute Gasteiger partial charge is 0.276 e. The number of hydrogen-bond acceptors (Lipinski definition) is 6. The Labute approximate surface area is 155 Å². The zero-order valence-electron chi connectivity index (χ0n) is 14.6. The maximum absolute atomic E-state index is 12.5. The van der Waals surface area contributed by atoms with Gasteiger partial charge in [-0.1, -0.05) is 0 Å². The van der Waals surface area contributed by atoms with E-state index in [2.05, 4.69) is 33.0 Å². The van der Waals surface area contributed by atoms with Gasteiger partial charge >= 0.3 is 0 Å². The highest BCUT2D eigenvalue weighted by atomic mass is 32.1. The highest BCUT2D eigenvalue weighted by Gasteiger charge is 2.19. The van der Waals surface area contributed by atoms with Gasteiger partial charge in [-0.05, 0) is 44.2 Å². The van der Waals surface area contributed by atoms with Crippen LogP contribution in [0, 0.1) is 6.92 Å². The topological polar surface area (TPSA) is 83.9 Å². The van der Waals surface area contributed by atoms with E-state index in [1.165, 1.54) is 0 Å². The van der Waals surface area contributed by atoms with Crippen LogP contribution in [0.25, 0.3) is 0 Å². The minimum atomic E-state index is -0.198. The van der Waals surface area contributed by atoms with Gasteiger partial charge in [0, 0.05) is 29.3 Å². The number of benzene rings is 1. The van der Waals surface area contributed by atoms with Crippen molar-refractivity contribution < 1.29 is 4.79 Å². The molecule has 0 saturated carbocycles. The molecule has 1 amide bonds. The molecular weight excluding hydrogens is 348 g/mol. The Bertz CT molecular complexity index is 930. The Morgan fingerprint density at radius 1 is 1.31 bits per heavy atom. The summed E-state index contributed by atoms with van der Waals surface area (Å²) in [5.41, 5.74) is 4.12. The second-order valence-electron chi connectivity index (χ2n) is 6.44. The molecule has 2 aromatic heterocycles. The van der Waals surface area contributed by atoms with Crippen LogP contribution in [0.5, 0.6) is 0 Å². The van der Waals surface area contributed by atoms with Crippen molar-refractivity contribution in [2.45, 2.75) is 33.0 Å². The Kier molecular flexibility index (Phi) is 4.44. The van der Waals surface area contributed by atoms with E-state index in [0.717, 1.165) is 41.0 Å². The summed E-state index contributed by atoms with van der Waals surface area (Å²) in [7, 11) is 0. The highest BCUT2D eigenvalue weighted by molar-refractivity contribution is 7.13. The molecule has 1 aliphatic rings. The Hall–Kier alpha value is -2.71. The van der Waals surface area contributed by atoms with E-state index in [1.807, 2.05) is 47.3 Å². The van der Waals surface area contributed by atoms with Gasteiger partial charge in [0.25, 0.3) is 5.91 Å². The molecule has 0 spiro atoms. The fourth-order valence-corrected chi connectivity index (χ4v) is 3.54. The molecular formula is C18H20N6OS. The maximum atomic E-state index is 12.5. The molecule has 0 bridgehead atoms. The highest BCUT2D eigenvalue weighted by Crippen LogP contribution is 2.22. The van der Waals surface area contributed by atoms with Crippen LogP contribution < -0.4 is 16.0 Å². The van der Waals surface area contributed by atoms with Gasteiger partial charge in [-0.25, -0.2) is 4.98 Å². The lowest BCUT2D eigenvalue weighted by Gasteiger charge is -2.21. The number of aromatic nitrogens is 3. The predicted octanol–water partition coefficient (Wildman–Crippen LogP) is 3.14. The number of amides is 1. The number of fused-ring (bicyclic) bond motifs is 1. The maximum Gasteiger partial charge on any atom is 0.276 e. The SMILES string of the molecule is Cc1csc(Nc2ccc(NC(=O)c3cc4n(n3)CC(C)NC4)cc2)n1. The van der Waals surface area contributed by atoms with Crippen LogP contribution in [0.1, 0.15) is 28.8 Å². The zero-order valence-corrected chi connectivity index (χ0v) is 15.4. The molecule has 3 N–H and O–H groups in total. The molecule has 1 atom stereocenters. The van der Waals surface area contributed by atoms with Gasteiger partial charge in [0.1, 0.15) is 0 Å². The van der Waals surface area contributed by atoms with Gasteiger partial charge in [-0.3, -0.25) is 9.48 Å². The zero-order chi connectivity index (χ0) is 18.1. The minimum Gasteiger partial charge on any atom is -0.332 e. The van der Waals surface area contributed by atoms with Crippen LogP contribution >= 0.6 is 11.3 Å². The second-order valence-corrected chi connectivity index (χ2v) is 7.29. The number of rotatable bonds is 4. The molecule has 4 rings (SSSR count). The Morgan fingerprint density at radius 2 is 2.08 bits per heavy atom. The summed E-state index contributed by atoms with van der Waals surface area (Å²) in [6.07, 6.45) is 0. The molecule has 26 heavy (non-hydrogen) atoms. The van der Waals surface area contributed by atoms with Gasteiger partial charge < -0.3 is 16.0 Å². The monoisotopic (exact) mass is 368 g/mol. The van der Waals surface area contributed by atoms with Crippen LogP contribution in [0.3, 0.4) is 0 Å². The van der Waals surface area contributed by atoms with Crippen molar-refractivity contribution in [3.05, 3.63) is 52.8 Å². The molecule has 1 aliphatic heterocycles. The van der Waals surface area contributed by atoms with E-state index < -0.39 is 0 Å². The molecule has 0 aliphatic carbocycles. The van der Waals surface area contributed by atoms with Crippen molar-refractivity contribution in [1.29, 1.82) is 0 Å². The lowest BCUT2D eigenvalue weighted by atomic mass is 10.2. The molecule has 0 fully saturated rings. The summed E-state index contributed by atoms with van der Waals surface area (Å²) in [4.78, 5) is 16.8. The van der Waals surface area contributed by atoms with Crippen molar-refractivity contribution in [1.82, 2.24) is 20.1 Å². The summed E-state index contributed by atoms with van der Waals surface area (Å²) in [6.45, 7) is 5.58. The minimum absolute atomic E-state index is 0.198. The average molecular weight is 368 g/mol. The number of carbonyl (C=O) groups excluding carboxylic acids is 1. The number of nitrogens with one attached hydrogen (secondary N) is 3. The third kappa shape index (κ3) is 3.61. The van der Waals surface area contributed by atoms with Crippen molar-refractivity contribution in [2.75, 3.05) is 10.6 Å². The molecule has 1 aromatic carbocycles. The molecule has 0 radical (unpaired) electrons.